The third-order valence-electron chi connectivity index (χ3n) is 3.95. The molecule has 0 bridgehead atoms. The second-order valence-electron chi connectivity index (χ2n) is 5.72. The van der Waals surface area contributed by atoms with Gasteiger partial charge in [-0.3, -0.25) is 9.69 Å². The van der Waals surface area contributed by atoms with Gasteiger partial charge in [0.05, 0.1) is 10.6 Å². The molecule has 0 atom stereocenters. The second kappa shape index (κ2) is 7.46. The average molecular weight is 397 g/mol. The SMILES string of the molecule is C=CCOc1ccc(/C=C2/SC(=S)N(c3ccc4c(c3)OCO4)C2=O)cc1. The van der Waals surface area contributed by atoms with E-state index in [1.807, 2.05) is 30.3 Å². The van der Waals surface area contributed by atoms with Gasteiger partial charge in [0.15, 0.2) is 15.8 Å². The molecule has 136 valence electrons. The van der Waals surface area contributed by atoms with Gasteiger partial charge in [0, 0.05) is 6.07 Å². The number of nitrogens with zero attached hydrogens (tertiary/aromatic N) is 1. The molecule has 0 aromatic heterocycles. The molecular weight excluding hydrogens is 382 g/mol. The van der Waals surface area contributed by atoms with E-state index in [0.717, 1.165) is 11.3 Å². The molecule has 0 spiro atoms. The molecule has 27 heavy (non-hydrogen) atoms. The largest absolute Gasteiger partial charge is 0.490 e. The van der Waals surface area contributed by atoms with Crippen molar-refractivity contribution in [3.8, 4) is 17.2 Å². The van der Waals surface area contributed by atoms with Gasteiger partial charge in [-0.25, -0.2) is 0 Å². The molecule has 7 heteroatoms. The van der Waals surface area contributed by atoms with E-state index in [1.54, 1.807) is 24.3 Å². The maximum atomic E-state index is 12.9. The molecule has 2 aromatic carbocycles. The van der Waals surface area contributed by atoms with Gasteiger partial charge in [0.25, 0.3) is 5.91 Å². The molecule has 2 aliphatic heterocycles. The molecule has 0 radical (unpaired) electrons. The Bertz CT molecular complexity index is 953. The fourth-order valence-corrected chi connectivity index (χ4v) is 3.98. The van der Waals surface area contributed by atoms with Gasteiger partial charge in [-0.1, -0.05) is 48.8 Å². The predicted molar refractivity (Wildman–Crippen MR) is 110 cm³/mol. The van der Waals surface area contributed by atoms with Crippen LogP contribution in [0.2, 0.25) is 0 Å². The minimum Gasteiger partial charge on any atom is -0.490 e. The molecular formula is C20H15NO4S2. The zero-order chi connectivity index (χ0) is 18.8. The van der Waals surface area contributed by atoms with Crippen molar-refractivity contribution in [1.29, 1.82) is 0 Å². The van der Waals surface area contributed by atoms with E-state index in [0.29, 0.717) is 33.0 Å². The lowest BCUT2D eigenvalue weighted by molar-refractivity contribution is -0.113. The first-order valence-corrected chi connectivity index (χ1v) is 9.39. The number of hydrogen-bond donors (Lipinski definition) is 0. The van der Waals surface area contributed by atoms with Crippen molar-refractivity contribution >= 4 is 46.0 Å². The van der Waals surface area contributed by atoms with E-state index >= 15 is 0 Å². The summed E-state index contributed by atoms with van der Waals surface area (Å²) in [6, 6.07) is 12.8. The van der Waals surface area contributed by atoms with Gasteiger partial charge in [0.1, 0.15) is 12.4 Å². The van der Waals surface area contributed by atoms with Crippen LogP contribution in [-0.2, 0) is 4.79 Å². The highest BCUT2D eigenvalue weighted by Crippen LogP contribution is 2.40. The van der Waals surface area contributed by atoms with E-state index in [2.05, 4.69) is 6.58 Å². The van der Waals surface area contributed by atoms with Crippen LogP contribution in [0.4, 0.5) is 5.69 Å². The number of ether oxygens (including phenoxy) is 3. The number of hydrogen-bond acceptors (Lipinski definition) is 6. The number of carbonyl (C=O) groups is 1. The van der Waals surface area contributed by atoms with Crippen LogP contribution < -0.4 is 19.1 Å². The number of thioether (sulfide) groups is 1. The van der Waals surface area contributed by atoms with Crippen LogP contribution in [0.3, 0.4) is 0 Å². The minimum absolute atomic E-state index is 0.157. The quantitative estimate of drug-likeness (QED) is 0.424. The van der Waals surface area contributed by atoms with Crippen LogP contribution in [0.5, 0.6) is 17.2 Å². The number of carbonyl (C=O) groups excluding carboxylic acids is 1. The lowest BCUT2D eigenvalue weighted by atomic mass is 10.2. The zero-order valence-electron chi connectivity index (χ0n) is 14.2. The Morgan fingerprint density at radius 1 is 1.19 bits per heavy atom. The van der Waals surface area contributed by atoms with Crippen LogP contribution in [0.25, 0.3) is 6.08 Å². The van der Waals surface area contributed by atoms with E-state index in [1.165, 1.54) is 16.7 Å². The molecule has 2 aromatic rings. The Hall–Kier alpha value is -2.77. The molecule has 1 fully saturated rings. The van der Waals surface area contributed by atoms with E-state index in [-0.39, 0.29) is 12.7 Å². The summed E-state index contributed by atoms with van der Waals surface area (Å²) in [4.78, 5) is 14.9. The van der Waals surface area contributed by atoms with E-state index < -0.39 is 0 Å². The van der Waals surface area contributed by atoms with Gasteiger partial charge in [-0.15, -0.1) is 0 Å². The first-order valence-electron chi connectivity index (χ1n) is 8.17. The summed E-state index contributed by atoms with van der Waals surface area (Å²) in [6.07, 6.45) is 3.51. The average Bonchev–Trinajstić information content (AvgIpc) is 3.25. The van der Waals surface area contributed by atoms with Crippen molar-refractivity contribution in [2.75, 3.05) is 18.3 Å². The smallest absolute Gasteiger partial charge is 0.270 e. The summed E-state index contributed by atoms with van der Waals surface area (Å²) in [6.45, 7) is 4.26. The third-order valence-corrected chi connectivity index (χ3v) is 5.26. The summed E-state index contributed by atoms with van der Waals surface area (Å²) in [5, 5.41) is 0. The van der Waals surface area contributed by atoms with Crippen molar-refractivity contribution in [3.63, 3.8) is 0 Å². The summed E-state index contributed by atoms with van der Waals surface area (Å²) in [5.74, 6) is 1.87. The summed E-state index contributed by atoms with van der Waals surface area (Å²) >= 11 is 6.69. The molecule has 2 aliphatic rings. The Kier molecular flexibility index (Phi) is 4.87. The van der Waals surface area contributed by atoms with Crippen LogP contribution in [0.1, 0.15) is 5.56 Å². The van der Waals surface area contributed by atoms with Gasteiger partial charge < -0.3 is 14.2 Å². The fraction of sp³-hybridized carbons (Fsp3) is 0.100. The molecule has 1 saturated heterocycles. The molecule has 1 amide bonds. The van der Waals surface area contributed by atoms with Crippen LogP contribution >= 0.6 is 24.0 Å². The van der Waals surface area contributed by atoms with Crippen LogP contribution in [0, 0.1) is 0 Å². The van der Waals surface area contributed by atoms with Crippen molar-refractivity contribution in [1.82, 2.24) is 0 Å². The Morgan fingerprint density at radius 3 is 2.74 bits per heavy atom. The standard InChI is InChI=1S/C20H15NO4S2/c1-2-9-23-15-6-3-13(4-7-15)10-18-19(22)21(20(26)27-18)14-5-8-16-17(11-14)25-12-24-16/h2-8,10-11H,1,9,12H2/b18-10+. The van der Waals surface area contributed by atoms with Crippen molar-refractivity contribution in [2.24, 2.45) is 0 Å². The topological polar surface area (TPSA) is 48.0 Å². The second-order valence-corrected chi connectivity index (χ2v) is 7.40. The zero-order valence-corrected chi connectivity index (χ0v) is 15.8. The Balaban J connectivity index is 1.55. The van der Waals surface area contributed by atoms with Gasteiger partial charge in [0.2, 0.25) is 6.79 Å². The number of fused-ring (bicyclic) bond motifs is 1. The van der Waals surface area contributed by atoms with Gasteiger partial charge in [-0.05, 0) is 35.9 Å². The van der Waals surface area contributed by atoms with Crippen LogP contribution in [-0.4, -0.2) is 23.6 Å². The van der Waals surface area contributed by atoms with Crippen molar-refractivity contribution in [3.05, 3.63) is 65.6 Å². The van der Waals surface area contributed by atoms with E-state index in [9.17, 15) is 4.79 Å². The maximum absolute atomic E-state index is 12.9. The third kappa shape index (κ3) is 3.56. The normalized spacial score (nSPS) is 16.9. The van der Waals surface area contributed by atoms with Crippen LogP contribution in [0.15, 0.2) is 60.0 Å². The molecule has 2 heterocycles. The predicted octanol–water partition coefficient (Wildman–Crippen LogP) is 4.39. The molecule has 0 unspecified atom stereocenters. The van der Waals surface area contributed by atoms with Crippen molar-refractivity contribution in [2.45, 2.75) is 0 Å². The summed E-state index contributed by atoms with van der Waals surface area (Å²) < 4.78 is 16.7. The number of amides is 1. The Labute approximate surface area is 166 Å². The highest BCUT2D eigenvalue weighted by atomic mass is 32.2. The monoisotopic (exact) mass is 397 g/mol. The number of rotatable bonds is 5. The molecule has 4 rings (SSSR count). The van der Waals surface area contributed by atoms with E-state index in [4.69, 9.17) is 26.4 Å². The lowest BCUT2D eigenvalue weighted by Gasteiger charge is -2.14. The molecule has 0 saturated carbocycles. The number of anilines is 1. The molecule has 0 N–H and O–H groups in total. The fourth-order valence-electron chi connectivity index (χ4n) is 2.68. The first kappa shape index (κ1) is 17.6. The molecule has 0 aliphatic carbocycles. The highest BCUT2D eigenvalue weighted by Gasteiger charge is 2.34. The number of thiocarbonyl (C=S) groups is 1. The summed E-state index contributed by atoms with van der Waals surface area (Å²) in [5.41, 5.74) is 1.56. The minimum atomic E-state index is -0.157. The summed E-state index contributed by atoms with van der Waals surface area (Å²) in [7, 11) is 0. The Morgan fingerprint density at radius 2 is 1.96 bits per heavy atom. The number of benzene rings is 2. The van der Waals surface area contributed by atoms with Gasteiger partial charge >= 0.3 is 0 Å². The van der Waals surface area contributed by atoms with Crippen molar-refractivity contribution < 1.29 is 19.0 Å². The highest BCUT2D eigenvalue weighted by molar-refractivity contribution is 8.27. The lowest BCUT2D eigenvalue weighted by Crippen LogP contribution is -2.27. The molecule has 5 nitrogen and oxygen atoms in total. The maximum Gasteiger partial charge on any atom is 0.270 e. The van der Waals surface area contributed by atoms with Gasteiger partial charge in [-0.2, -0.15) is 0 Å². The first-order chi connectivity index (χ1) is 13.2.